The van der Waals surface area contributed by atoms with Crippen LogP contribution in [0.3, 0.4) is 0 Å². The van der Waals surface area contributed by atoms with E-state index in [1.165, 1.54) is 7.11 Å². The van der Waals surface area contributed by atoms with Gasteiger partial charge in [0.25, 0.3) is 0 Å². The summed E-state index contributed by atoms with van der Waals surface area (Å²) < 4.78 is 4.62. The van der Waals surface area contributed by atoms with E-state index in [4.69, 9.17) is 0 Å². The summed E-state index contributed by atoms with van der Waals surface area (Å²) in [5.74, 6) is -0.305. The van der Waals surface area contributed by atoms with Crippen molar-refractivity contribution in [2.75, 3.05) is 7.11 Å². The Morgan fingerprint density at radius 1 is 1.26 bits per heavy atom. The lowest BCUT2D eigenvalue weighted by molar-refractivity contribution is -0.140. The summed E-state index contributed by atoms with van der Waals surface area (Å²) in [4.78, 5) is 23.3. The van der Waals surface area contributed by atoms with Crippen LogP contribution in [0.25, 0.3) is 0 Å². The third-order valence-corrected chi connectivity index (χ3v) is 5.59. The van der Waals surface area contributed by atoms with E-state index < -0.39 is 11.7 Å². The quantitative estimate of drug-likeness (QED) is 0.286. The van der Waals surface area contributed by atoms with Crippen molar-refractivity contribution in [3.8, 4) is 0 Å². The summed E-state index contributed by atoms with van der Waals surface area (Å²) in [6.07, 6.45) is 11.7. The van der Waals surface area contributed by atoms with Gasteiger partial charge in [-0.05, 0) is 32.6 Å². The van der Waals surface area contributed by atoms with Crippen LogP contribution in [0, 0.1) is 11.8 Å². The first kappa shape index (κ1) is 23.8. The first-order valence-electron chi connectivity index (χ1n) is 10.5. The van der Waals surface area contributed by atoms with Crippen molar-refractivity contribution in [3.05, 3.63) is 12.2 Å². The van der Waals surface area contributed by atoms with Gasteiger partial charge in [0.2, 0.25) is 0 Å². The molecule has 1 aliphatic rings. The van der Waals surface area contributed by atoms with Gasteiger partial charge in [-0.15, -0.1) is 0 Å². The number of carbonyl (C=O) groups excluding carboxylic acids is 2. The van der Waals surface area contributed by atoms with E-state index in [9.17, 15) is 19.8 Å². The van der Waals surface area contributed by atoms with Crippen LogP contribution in [0.15, 0.2) is 12.2 Å². The third kappa shape index (κ3) is 9.02. The molecule has 1 saturated carbocycles. The average Bonchev–Trinajstić information content (AvgIpc) is 2.89. The van der Waals surface area contributed by atoms with E-state index >= 15 is 0 Å². The summed E-state index contributed by atoms with van der Waals surface area (Å²) in [5.41, 5.74) is -0.727. The van der Waals surface area contributed by atoms with Gasteiger partial charge in [0.1, 0.15) is 5.78 Å². The zero-order valence-electron chi connectivity index (χ0n) is 17.3. The van der Waals surface area contributed by atoms with Gasteiger partial charge in [-0.25, -0.2) is 0 Å². The molecule has 1 aliphatic carbocycles. The molecule has 1 unspecified atom stereocenters. The molecule has 2 N–H and O–H groups in total. The number of aliphatic hydroxyl groups is 2. The number of carbonyl (C=O) groups is 2. The summed E-state index contributed by atoms with van der Waals surface area (Å²) in [6.45, 7) is 3.95. The topological polar surface area (TPSA) is 83.8 Å². The SMILES string of the molecule is CCCCC(C)(O)C/C=C/[C@@H]1[C@@H](O)CC(=O)[C@@H]1CCCCCCC(=O)OC. The second-order valence-electron chi connectivity index (χ2n) is 8.18. The number of ketones is 1. The Bertz CT molecular complexity index is 483. The van der Waals surface area contributed by atoms with Crippen LogP contribution in [0.2, 0.25) is 0 Å². The number of rotatable bonds is 13. The summed E-state index contributed by atoms with van der Waals surface area (Å²) in [5, 5.41) is 20.6. The van der Waals surface area contributed by atoms with Crippen LogP contribution in [-0.4, -0.2) is 40.8 Å². The molecule has 5 heteroatoms. The molecule has 4 atom stereocenters. The molecule has 0 bridgehead atoms. The van der Waals surface area contributed by atoms with E-state index in [2.05, 4.69) is 11.7 Å². The highest BCUT2D eigenvalue weighted by molar-refractivity contribution is 5.84. The van der Waals surface area contributed by atoms with Crippen LogP contribution in [0.4, 0.5) is 0 Å². The van der Waals surface area contributed by atoms with Crippen molar-refractivity contribution in [2.24, 2.45) is 11.8 Å². The smallest absolute Gasteiger partial charge is 0.305 e. The van der Waals surface area contributed by atoms with Crippen molar-refractivity contribution in [3.63, 3.8) is 0 Å². The highest BCUT2D eigenvalue weighted by Gasteiger charge is 2.39. The fraction of sp³-hybridized carbons (Fsp3) is 0.818. The maximum absolute atomic E-state index is 12.2. The molecule has 1 fully saturated rings. The van der Waals surface area contributed by atoms with Crippen LogP contribution in [0.5, 0.6) is 0 Å². The summed E-state index contributed by atoms with van der Waals surface area (Å²) >= 11 is 0. The lowest BCUT2D eigenvalue weighted by atomic mass is 9.87. The second kappa shape index (κ2) is 12.3. The van der Waals surface area contributed by atoms with Crippen molar-refractivity contribution < 1.29 is 24.5 Å². The molecule has 0 aromatic heterocycles. The molecule has 0 amide bonds. The van der Waals surface area contributed by atoms with Crippen molar-refractivity contribution in [1.29, 1.82) is 0 Å². The maximum Gasteiger partial charge on any atom is 0.305 e. The fourth-order valence-electron chi connectivity index (χ4n) is 3.82. The molecule has 0 aromatic carbocycles. The van der Waals surface area contributed by atoms with Crippen LogP contribution < -0.4 is 0 Å². The Morgan fingerprint density at radius 2 is 1.96 bits per heavy atom. The minimum atomic E-state index is -0.727. The molecule has 27 heavy (non-hydrogen) atoms. The lowest BCUT2D eigenvalue weighted by Gasteiger charge is -2.22. The van der Waals surface area contributed by atoms with E-state index in [0.717, 1.165) is 51.4 Å². The largest absolute Gasteiger partial charge is 0.469 e. The van der Waals surface area contributed by atoms with Gasteiger partial charge in [0.05, 0.1) is 18.8 Å². The Labute approximate surface area is 164 Å². The molecular formula is C22H38O5. The summed E-state index contributed by atoms with van der Waals surface area (Å²) in [6, 6.07) is 0. The monoisotopic (exact) mass is 382 g/mol. The van der Waals surface area contributed by atoms with E-state index in [-0.39, 0.29) is 30.0 Å². The highest BCUT2D eigenvalue weighted by atomic mass is 16.5. The maximum atomic E-state index is 12.2. The van der Waals surface area contributed by atoms with Gasteiger partial charge in [0, 0.05) is 24.7 Å². The van der Waals surface area contributed by atoms with Crippen molar-refractivity contribution in [1.82, 2.24) is 0 Å². The Kier molecular flexibility index (Phi) is 10.9. The molecule has 5 nitrogen and oxygen atoms in total. The van der Waals surface area contributed by atoms with Gasteiger partial charge >= 0.3 is 5.97 Å². The number of aliphatic hydroxyl groups excluding tert-OH is 1. The van der Waals surface area contributed by atoms with Crippen LogP contribution in [-0.2, 0) is 14.3 Å². The molecule has 0 heterocycles. The van der Waals surface area contributed by atoms with Gasteiger partial charge in [-0.3, -0.25) is 9.59 Å². The van der Waals surface area contributed by atoms with E-state index in [1.54, 1.807) is 0 Å². The number of ether oxygens (including phenoxy) is 1. The Morgan fingerprint density at radius 3 is 2.63 bits per heavy atom. The number of esters is 1. The minimum Gasteiger partial charge on any atom is -0.469 e. The Balaban J connectivity index is 2.42. The van der Waals surface area contributed by atoms with Crippen molar-refractivity contribution in [2.45, 2.75) is 96.2 Å². The van der Waals surface area contributed by atoms with Gasteiger partial charge in [-0.1, -0.05) is 51.2 Å². The predicted molar refractivity (Wildman–Crippen MR) is 106 cm³/mol. The third-order valence-electron chi connectivity index (χ3n) is 5.59. The molecule has 0 spiro atoms. The first-order chi connectivity index (χ1) is 12.8. The molecular weight excluding hydrogens is 344 g/mol. The fourth-order valence-corrected chi connectivity index (χ4v) is 3.82. The summed E-state index contributed by atoms with van der Waals surface area (Å²) in [7, 11) is 1.40. The average molecular weight is 383 g/mol. The number of unbranched alkanes of at least 4 members (excludes halogenated alkanes) is 4. The van der Waals surface area contributed by atoms with Crippen LogP contribution >= 0.6 is 0 Å². The molecule has 0 aliphatic heterocycles. The number of hydrogen-bond donors (Lipinski definition) is 2. The van der Waals surface area contributed by atoms with Gasteiger partial charge in [-0.2, -0.15) is 0 Å². The Hall–Kier alpha value is -1.20. The molecule has 1 rings (SSSR count). The van der Waals surface area contributed by atoms with Gasteiger partial charge < -0.3 is 14.9 Å². The van der Waals surface area contributed by atoms with E-state index in [0.29, 0.717) is 12.8 Å². The predicted octanol–water partition coefficient (Wildman–Crippen LogP) is 3.95. The second-order valence-corrected chi connectivity index (χ2v) is 8.18. The lowest BCUT2D eigenvalue weighted by Crippen LogP contribution is -2.23. The van der Waals surface area contributed by atoms with Crippen molar-refractivity contribution >= 4 is 11.8 Å². The number of Topliss-reactive ketones (excluding diaryl/α,β-unsaturated/α-hetero) is 1. The molecule has 0 saturated heterocycles. The van der Waals surface area contributed by atoms with Gasteiger partial charge in [0.15, 0.2) is 0 Å². The first-order valence-corrected chi connectivity index (χ1v) is 10.5. The van der Waals surface area contributed by atoms with Crippen LogP contribution in [0.1, 0.15) is 84.5 Å². The number of hydrogen-bond acceptors (Lipinski definition) is 5. The minimum absolute atomic E-state index is 0.127. The molecule has 156 valence electrons. The highest BCUT2D eigenvalue weighted by Crippen LogP contribution is 2.34. The number of methoxy groups -OCH3 is 1. The zero-order chi connectivity index (χ0) is 20.3. The normalized spacial score (nSPS) is 25.1. The zero-order valence-corrected chi connectivity index (χ0v) is 17.3. The molecule has 0 radical (unpaired) electrons. The standard InChI is InChI=1S/C22H38O5/c1-4-5-14-22(2,26)15-10-12-18-17(19(23)16-20(18)24)11-8-6-7-9-13-21(25)27-3/h10,12,17-18,20,24,26H,4-9,11,13-16H2,1-3H3/b12-10+/t17-,18+,20+,22?/m1/s1. The molecule has 0 aromatic rings. The van der Waals surface area contributed by atoms with E-state index in [1.807, 2.05) is 19.1 Å².